The Kier molecular flexibility index (Phi) is 56.7. The Labute approximate surface area is 538 Å². The van der Waals surface area contributed by atoms with Crippen LogP contribution in [0.3, 0.4) is 0 Å². The van der Waals surface area contributed by atoms with Gasteiger partial charge in [0.2, 0.25) is 0 Å². The predicted molar refractivity (Wildman–Crippen MR) is 356 cm³/mol. The van der Waals surface area contributed by atoms with Gasteiger partial charge in [0.05, 0.1) is 58.3 Å². The van der Waals surface area contributed by atoms with E-state index in [1.54, 1.807) is 24.8 Å². The molecule has 0 aromatic carbocycles. The molecule has 0 amide bonds. The first kappa shape index (κ1) is 84.5. The van der Waals surface area contributed by atoms with Gasteiger partial charge in [0, 0.05) is 208 Å². The van der Waals surface area contributed by atoms with Crippen molar-refractivity contribution in [3.8, 4) is 0 Å². The number of carbonyl (C=O) groups excluding carboxylic acids is 4. The second kappa shape index (κ2) is 59.8. The maximum absolute atomic E-state index is 12.8. The lowest BCUT2D eigenvalue weighted by atomic mass is 9.92. The van der Waals surface area contributed by atoms with Crippen LogP contribution in [0.15, 0.2) is 49.1 Å². The van der Waals surface area contributed by atoms with Crippen LogP contribution in [0.4, 0.5) is 0 Å². The molecule has 0 rings (SSSR count). The molecule has 0 saturated heterocycles. The van der Waals surface area contributed by atoms with Crippen molar-refractivity contribution in [2.45, 2.75) is 39.5 Å². The van der Waals surface area contributed by atoms with Crippen LogP contribution < -0.4 is 31.9 Å². The third-order valence-corrected chi connectivity index (χ3v) is 14.2. The summed E-state index contributed by atoms with van der Waals surface area (Å²) in [6.45, 7) is 23.8. The Balaban J connectivity index is 6.19. The van der Waals surface area contributed by atoms with Gasteiger partial charge in [-0.25, -0.2) is 19.2 Å². The number of hydrogen-bond acceptors (Lipinski definition) is 26. The lowest BCUT2D eigenvalue weighted by Gasteiger charge is -2.33. The molecule has 89 heavy (non-hydrogen) atoms. The number of rotatable bonds is 64. The molecule has 0 saturated carbocycles. The van der Waals surface area contributed by atoms with E-state index in [4.69, 9.17) is 37.9 Å². The molecule has 0 aromatic rings. The van der Waals surface area contributed by atoms with E-state index in [1.165, 1.54) is 24.3 Å². The monoisotopic (exact) mass is 1270 g/mol. The molecular weight excluding hydrogens is 1140 g/mol. The van der Waals surface area contributed by atoms with Crippen molar-refractivity contribution in [3.63, 3.8) is 0 Å². The van der Waals surface area contributed by atoms with E-state index in [0.29, 0.717) is 0 Å². The van der Waals surface area contributed by atoms with E-state index in [9.17, 15) is 19.2 Å². The van der Waals surface area contributed by atoms with Crippen molar-refractivity contribution in [3.05, 3.63) is 49.1 Å². The summed E-state index contributed by atoms with van der Waals surface area (Å²) in [4.78, 5) is 68.7. The lowest BCUT2D eigenvalue weighted by molar-refractivity contribution is -0.146. The van der Waals surface area contributed by atoms with Gasteiger partial charge in [-0.05, 0) is 68.2 Å². The lowest BCUT2D eigenvalue weighted by Crippen LogP contribution is -2.43. The standard InChI is InChI=1S/C63H126N14O12/c1-13-15-27-74(33-21-64-3)43-39-70(9)29-17-59(78)86-51-47-82-55-63(56-83-48-52-87-60(79)18-30-71(10)40-44-75(28-16-14-2)34-22-65-4,57-84-49-53-88-61(80)19-31-72(11)41-45-76(35-23-66-5)36-24-67-6)58-85-50-54-89-62(81)20-32-73(12)42-46-77(37-25-68-7)38-26-69-8/h17-20,29-32,64-69H,13-16,21-28,33-58H2,1-12H3/b29-17+,30-18+,31-19+,32-20+. The van der Waals surface area contributed by atoms with Crippen molar-refractivity contribution in [1.82, 2.24) is 71.1 Å². The zero-order chi connectivity index (χ0) is 65.9. The summed E-state index contributed by atoms with van der Waals surface area (Å²) in [7, 11) is 19.4. The molecule has 26 nitrogen and oxygen atoms in total. The highest BCUT2D eigenvalue weighted by Gasteiger charge is 2.33. The van der Waals surface area contributed by atoms with Crippen LogP contribution in [0, 0.1) is 5.41 Å². The van der Waals surface area contributed by atoms with Gasteiger partial charge in [0.15, 0.2) is 0 Å². The van der Waals surface area contributed by atoms with Gasteiger partial charge in [-0.2, -0.15) is 0 Å². The summed E-state index contributed by atoms with van der Waals surface area (Å²) in [6.07, 6.45) is 17.0. The number of hydrogen-bond donors (Lipinski definition) is 6. The summed E-state index contributed by atoms with van der Waals surface area (Å²) >= 11 is 0. The minimum Gasteiger partial charge on any atom is -0.460 e. The molecule has 26 heteroatoms. The first-order valence-corrected chi connectivity index (χ1v) is 32.4. The Morgan fingerprint density at radius 1 is 0.315 bits per heavy atom. The zero-order valence-electron chi connectivity index (χ0n) is 57.5. The van der Waals surface area contributed by atoms with Crippen LogP contribution in [0.5, 0.6) is 0 Å². The van der Waals surface area contributed by atoms with Crippen LogP contribution in [-0.4, -0.2) is 357 Å². The SMILES string of the molecule is CCCCN(CCNC)CCN(C)/C=C/C(=O)OCCOCC(COCCOC(=O)/C=C/N(C)CCN(CCCC)CCNC)(COCCOC(=O)/C=C/N(C)CCN(CCNC)CCNC)COCCOC(=O)/C=C/N(C)CCN(CCNC)CCNC. The first-order valence-electron chi connectivity index (χ1n) is 32.4. The predicted octanol–water partition coefficient (Wildman–Crippen LogP) is 0.119. The minimum atomic E-state index is -0.989. The molecule has 0 spiro atoms. The fourth-order valence-electron chi connectivity index (χ4n) is 8.37. The smallest absolute Gasteiger partial charge is 0.332 e. The molecule has 520 valence electrons. The fourth-order valence-corrected chi connectivity index (χ4v) is 8.37. The fraction of sp³-hybridized carbons (Fsp3) is 0.810. The van der Waals surface area contributed by atoms with Gasteiger partial charge in [-0.1, -0.05) is 26.7 Å². The Hall–Kier alpha value is -4.52. The van der Waals surface area contributed by atoms with Crippen LogP contribution in [-0.2, 0) is 57.1 Å². The van der Waals surface area contributed by atoms with Gasteiger partial charge in [-0.3, -0.25) is 9.80 Å². The largest absolute Gasteiger partial charge is 0.460 e. The molecule has 6 N–H and O–H groups in total. The van der Waals surface area contributed by atoms with Gasteiger partial charge in [0.25, 0.3) is 0 Å². The third-order valence-electron chi connectivity index (χ3n) is 14.2. The molecular formula is C63H126N14O12. The molecule has 0 unspecified atom stereocenters. The molecule has 0 radical (unpaired) electrons. The first-order chi connectivity index (χ1) is 43.1. The van der Waals surface area contributed by atoms with E-state index in [0.717, 1.165) is 170 Å². The molecule has 0 aromatic heterocycles. The van der Waals surface area contributed by atoms with E-state index < -0.39 is 29.3 Å². The van der Waals surface area contributed by atoms with Gasteiger partial charge in [-0.15, -0.1) is 0 Å². The number of likely N-dealkylation sites (N-methyl/N-ethyl adjacent to an activating group) is 10. The summed E-state index contributed by atoms with van der Waals surface area (Å²) < 4.78 is 46.8. The van der Waals surface area contributed by atoms with Crippen molar-refractivity contribution in [1.29, 1.82) is 0 Å². The van der Waals surface area contributed by atoms with E-state index in [1.807, 2.05) is 90.1 Å². The Morgan fingerprint density at radius 3 is 0.730 bits per heavy atom. The van der Waals surface area contributed by atoms with Crippen molar-refractivity contribution in [2.24, 2.45) is 5.41 Å². The molecule has 0 bridgehead atoms. The number of unbranched alkanes of at least 4 members (excludes halogenated alkanes) is 2. The topological polar surface area (TPSA) is 240 Å². The van der Waals surface area contributed by atoms with Gasteiger partial charge >= 0.3 is 23.9 Å². The molecule has 0 aliphatic heterocycles. The van der Waals surface area contributed by atoms with Crippen molar-refractivity contribution < 1.29 is 57.1 Å². The van der Waals surface area contributed by atoms with Crippen LogP contribution >= 0.6 is 0 Å². The van der Waals surface area contributed by atoms with Gasteiger partial charge in [0.1, 0.15) is 26.4 Å². The minimum absolute atomic E-state index is 0.0241. The van der Waals surface area contributed by atoms with Gasteiger partial charge < -0.3 is 99.2 Å². The van der Waals surface area contributed by atoms with E-state index >= 15 is 0 Å². The summed E-state index contributed by atoms with van der Waals surface area (Å²) in [6, 6.07) is 0. The van der Waals surface area contributed by atoms with Crippen molar-refractivity contribution >= 4 is 23.9 Å². The molecule has 0 atom stereocenters. The maximum Gasteiger partial charge on any atom is 0.332 e. The van der Waals surface area contributed by atoms with Crippen LogP contribution in [0.1, 0.15) is 39.5 Å². The number of ether oxygens (including phenoxy) is 8. The number of nitrogens with zero attached hydrogens (tertiary/aromatic N) is 8. The second-order valence-corrected chi connectivity index (χ2v) is 22.3. The quantitative estimate of drug-likeness (QED) is 0.0205. The zero-order valence-corrected chi connectivity index (χ0v) is 57.5. The molecule has 0 heterocycles. The number of esters is 4. The van der Waals surface area contributed by atoms with Crippen molar-refractivity contribution in [2.75, 3.05) is 294 Å². The number of carbonyl (C=O) groups is 4. The Morgan fingerprint density at radius 2 is 0.528 bits per heavy atom. The number of nitrogens with one attached hydrogen (secondary N) is 6. The molecule has 0 aliphatic rings. The maximum atomic E-state index is 12.8. The Bertz CT molecular complexity index is 1540. The van der Waals surface area contributed by atoms with E-state index in [2.05, 4.69) is 65.3 Å². The summed E-state index contributed by atoms with van der Waals surface area (Å²) in [5, 5.41) is 19.2. The average molecular weight is 1270 g/mol. The molecule has 0 aliphatic carbocycles. The van der Waals surface area contributed by atoms with E-state index in [-0.39, 0.29) is 79.3 Å². The highest BCUT2D eigenvalue weighted by atomic mass is 16.6. The highest BCUT2D eigenvalue weighted by molar-refractivity contribution is 5.82. The third kappa shape index (κ3) is 51.8. The summed E-state index contributed by atoms with van der Waals surface area (Å²) in [5.41, 5.74) is -0.989. The summed E-state index contributed by atoms with van der Waals surface area (Å²) in [5.74, 6) is -2.03. The average Bonchev–Trinajstić information content (AvgIpc) is 3.70. The van der Waals surface area contributed by atoms with Crippen LogP contribution in [0.25, 0.3) is 0 Å². The highest BCUT2D eigenvalue weighted by Crippen LogP contribution is 2.21. The molecule has 0 fully saturated rings. The normalized spacial score (nSPS) is 12.1. The second-order valence-electron chi connectivity index (χ2n) is 22.3. The van der Waals surface area contributed by atoms with Crippen LogP contribution in [0.2, 0.25) is 0 Å².